The third-order valence-corrected chi connectivity index (χ3v) is 6.57. The van der Waals surface area contributed by atoms with E-state index in [9.17, 15) is 4.79 Å². The minimum atomic E-state index is -0.161. The standard InChI is InChI=1S/C24H24ClN3O2/c1-30-19-13-9-16(10-14-19)23-20-21(15-7-11-17(25)12-8-15)26-27-22(20)24(29)28(23)18-5-3-2-4-6-18/h7-14,18,23H,2-6H2,1H3,(H,26,27). The normalized spacial score (nSPS) is 19.2. The van der Waals surface area contributed by atoms with Crippen LogP contribution in [0.4, 0.5) is 0 Å². The molecule has 6 heteroatoms. The number of carbonyl (C=O) groups is 1. The fraction of sp³-hybridized carbons (Fsp3) is 0.333. The van der Waals surface area contributed by atoms with E-state index in [0.717, 1.165) is 41.0 Å². The molecule has 1 N–H and O–H groups in total. The SMILES string of the molecule is COc1ccc(C2c3c(-c4ccc(Cl)cc4)n[nH]c3C(=O)N2C2CCCCC2)cc1. The smallest absolute Gasteiger partial charge is 0.273 e. The largest absolute Gasteiger partial charge is 0.497 e. The summed E-state index contributed by atoms with van der Waals surface area (Å²) < 4.78 is 5.34. The van der Waals surface area contributed by atoms with Gasteiger partial charge in [-0.3, -0.25) is 9.89 Å². The zero-order chi connectivity index (χ0) is 20.7. The summed E-state index contributed by atoms with van der Waals surface area (Å²) in [6.45, 7) is 0. The lowest BCUT2D eigenvalue weighted by atomic mass is 9.91. The molecule has 0 saturated heterocycles. The fourth-order valence-corrected chi connectivity index (χ4v) is 4.97. The highest BCUT2D eigenvalue weighted by Gasteiger charge is 2.45. The second-order valence-electron chi connectivity index (χ2n) is 8.05. The summed E-state index contributed by atoms with van der Waals surface area (Å²) in [7, 11) is 1.66. The molecule has 1 aliphatic heterocycles. The van der Waals surface area contributed by atoms with Gasteiger partial charge in [-0.05, 0) is 42.7 Å². The molecule has 3 aromatic rings. The first-order valence-corrected chi connectivity index (χ1v) is 10.9. The predicted molar refractivity (Wildman–Crippen MR) is 117 cm³/mol. The quantitative estimate of drug-likeness (QED) is 0.595. The first-order chi connectivity index (χ1) is 14.7. The molecule has 1 fully saturated rings. The number of benzene rings is 2. The lowest BCUT2D eigenvalue weighted by molar-refractivity contribution is 0.0606. The van der Waals surface area contributed by atoms with Gasteiger partial charge in [0.05, 0.1) is 18.8 Å². The van der Waals surface area contributed by atoms with E-state index in [2.05, 4.69) is 27.2 Å². The summed E-state index contributed by atoms with van der Waals surface area (Å²) in [6, 6.07) is 15.7. The van der Waals surface area contributed by atoms with Crippen molar-refractivity contribution in [1.29, 1.82) is 0 Å². The lowest BCUT2D eigenvalue weighted by Crippen LogP contribution is -2.40. The number of fused-ring (bicyclic) bond motifs is 1. The van der Waals surface area contributed by atoms with Crippen molar-refractivity contribution in [2.24, 2.45) is 0 Å². The van der Waals surface area contributed by atoms with E-state index < -0.39 is 0 Å². The second-order valence-corrected chi connectivity index (χ2v) is 8.48. The van der Waals surface area contributed by atoms with Crippen molar-refractivity contribution in [3.05, 3.63) is 70.4 Å². The number of H-pyrrole nitrogens is 1. The van der Waals surface area contributed by atoms with Gasteiger partial charge in [-0.25, -0.2) is 0 Å². The van der Waals surface area contributed by atoms with Crippen LogP contribution in [0.25, 0.3) is 11.3 Å². The summed E-state index contributed by atoms with van der Waals surface area (Å²) in [5.41, 5.74) is 4.40. The van der Waals surface area contributed by atoms with Crippen LogP contribution in [0.3, 0.4) is 0 Å². The van der Waals surface area contributed by atoms with Gasteiger partial charge in [-0.2, -0.15) is 5.10 Å². The van der Waals surface area contributed by atoms with Gasteiger partial charge >= 0.3 is 0 Å². The number of carbonyl (C=O) groups excluding carboxylic acids is 1. The Kier molecular flexibility index (Phi) is 4.99. The highest BCUT2D eigenvalue weighted by atomic mass is 35.5. The molecular weight excluding hydrogens is 398 g/mol. The summed E-state index contributed by atoms with van der Waals surface area (Å²) in [5, 5.41) is 8.26. The maximum Gasteiger partial charge on any atom is 0.273 e. The van der Waals surface area contributed by atoms with Crippen LogP contribution in [0.5, 0.6) is 5.75 Å². The highest BCUT2D eigenvalue weighted by molar-refractivity contribution is 6.30. The number of aromatic amines is 1. The first kappa shape index (κ1) is 19.2. The van der Waals surface area contributed by atoms with Crippen molar-refractivity contribution in [3.8, 4) is 17.0 Å². The van der Waals surface area contributed by atoms with Gasteiger partial charge in [0.1, 0.15) is 11.4 Å². The monoisotopic (exact) mass is 421 g/mol. The Morgan fingerprint density at radius 3 is 2.40 bits per heavy atom. The Labute approximate surface area is 181 Å². The Morgan fingerprint density at radius 1 is 1.03 bits per heavy atom. The molecule has 0 spiro atoms. The number of nitrogens with one attached hydrogen (secondary N) is 1. The van der Waals surface area contributed by atoms with Crippen molar-refractivity contribution in [2.45, 2.75) is 44.2 Å². The Balaban J connectivity index is 1.64. The molecule has 2 aliphatic rings. The molecule has 154 valence electrons. The van der Waals surface area contributed by atoms with E-state index in [4.69, 9.17) is 16.3 Å². The van der Waals surface area contributed by atoms with E-state index in [1.54, 1.807) is 7.11 Å². The summed E-state index contributed by atoms with van der Waals surface area (Å²) in [6.07, 6.45) is 5.67. The lowest BCUT2D eigenvalue weighted by Gasteiger charge is -2.36. The van der Waals surface area contributed by atoms with Crippen LogP contribution in [0, 0.1) is 0 Å². The van der Waals surface area contributed by atoms with Crippen LogP contribution in [-0.2, 0) is 0 Å². The Bertz CT molecular complexity index is 1050. The van der Waals surface area contributed by atoms with Crippen molar-refractivity contribution in [2.75, 3.05) is 7.11 Å². The van der Waals surface area contributed by atoms with Gasteiger partial charge in [0.2, 0.25) is 0 Å². The molecule has 1 atom stereocenters. The third-order valence-electron chi connectivity index (χ3n) is 6.32. The zero-order valence-electron chi connectivity index (χ0n) is 16.9. The number of hydrogen-bond donors (Lipinski definition) is 1. The number of ether oxygens (including phenoxy) is 1. The highest BCUT2D eigenvalue weighted by Crippen LogP contribution is 2.46. The molecule has 1 saturated carbocycles. The van der Waals surface area contributed by atoms with Crippen molar-refractivity contribution in [1.82, 2.24) is 15.1 Å². The zero-order valence-corrected chi connectivity index (χ0v) is 17.7. The summed E-state index contributed by atoms with van der Waals surface area (Å²) in [5.74, 6) is 0.850. The van der Waals surface area contributed by atoms with Crippen molar-refractivity contribution in [3.63, 3.8) is 0 Å². The van der Waals surface area contributed by atoms with E-state index in [1.807, 2.05) is 36.4 Å². The van der Waals surface area contributed by atoms with Crippen LogP contribution >= 0.6 is 11.6 Å². The Hall–Kier alpha value is -2.79. The van der Waals surface area contributed by atoms with Gasteiger partial charge in [0.15, 0.2) is 0 Å². The maximum atomic E-state index is 13.5. The van der Waals surface area contributed by atoms with E-state index in [1.165, 1.54) is 19.3 Å². The number of methoxy groups -OCH3 is 1. The predicted octanol–water partition coefficient (Wildman–Crippen LogP) is 5.62. The van der Waals surface area contributed by atoms with Gasteiger partial charge in [-0.15, -0.1) is 0 Å². The van der Waals surface area contributed by atoms with Crippen LogP contribution < -0.4 is 4.74 Å². The molecule has 1 amide bonds. The molecule has 2 heterocycles. The molecule has 1 unspecified atom stereocenters. The molecule has 5 rings (SSSR count). The molecule has 0 bridgehead atoms. The number of aromatic nitrogens is 2. The molecule has 1 aliphatic carbocycles. The van der Waals surface area contributed by atoms with Crippen LogP contribution in [0.15, 0.2) is 48.5 Å². The Morgan fingerprint density at radius 2 is 1.73 bits per heavy atom. The minimum absolute atomic E-state index is 0.0467. The van der Waals surface area contributed by atoms with Crippen molar-refractivity contribution >= 4 is 17.5 Å². The average Bonchev–Trinajstić information content (AvgIpc) is 3.34. The topological polar surface area (TPSA) is 58.2 Å². The summed E-state index contributed by atoms with van der Waals surface area (Å²) in [4.78, 5) is 15.6. The minimum Gasteiger partial charge on any atom is -0.497 e. The molecular formula is C24H24ClN3O2. The first-order valence-electron chi connectivity index (χ1n) is 10.5. The molecule has 1 aromatic heterocycles. The number of amides is 1. The molecule has 30 heavy (non-hydrogen) atoms. The average molecular weight is 422 g/mol. The third kappa shape index (κ3) is 3.18. The number of rotatable bonds is 4. The van der Waals surface area contributed by atoms with Gasteiger partial charge in [-0.1, -0.05) is 55.1 Å². The number of nitrogens with zero attached hydrogens (tertiary/aromatic N) is 2. The maximum absolute atomic E-state index is 13.5. The fourth-order valence-electron chi connectivity index (χ4n) is 4.84. The van der Waals surface area contributed by atoms with Gasteiger partial charge in [0, 0.05) is 22.2 Å². The van der Waals surface area contributed by atoms with Crippen molar-refractivity contribution < 1.29 is 9.53 Å². The van der Waals surface area contributed by atoms with E-state index in [0.29, 0.717) is 10.7 Å². The van der Waals surface area contributed by atoms with Gasteiger partial charge in [0.25, 0.3) is 5.91 Å². The molecule has 5 nitrogen and oxygen atoms in total. The van der Waals surface area contributed by atoms with E-state index in [-0.39, 0.29) is 18.0 Å². The number of halogens is 1. The van der Waals surface area contributed by atoms with Crippen LogP contribution in [-0.4, -0.2) is 34.2 Å². The number of hydrogen-bond acceptors (Lipinski definition) is 3. The van der Waals surface area contributed by atoms with Crippen LogP contribution in [0.2, 0.25) is 5.02 Å². The van der Waals surface area contributed by atoms with E-state index >= 15 is 0 Å². The second kappa shape index (κ2) is 7.80. The van der Waals surface area contributed by atoms with Gasteiger partial charge < -0.3 is 9.64 Å². The van der Waals surface area contributed by atoms with Crippen LogP contribution in [0.1, 0.15) is 59.8 Å². The summed E-state index contributed by atoms with van der Waals surface area (Å²) >= 11 is 6.09. The molecule has 0 radical (unpaired) electrons. The molecule has 2 aromatic carbocycles.